The van der Waals surface area contributed by atoms with Crippen molar-refractivity contribution in [3.8, 4) is 11.4 Å². The van der Waals surface area contributed by atoms with Crippen LogP contribution in [0.1, 0.15) is 31.6 Å². The number of hydrogen-bond donors (Lipinski definition) is 1. The minimum Gasteiger partial charge on any atom is -0.339 e. The van der Waals surface area contributed by atoms with Gasteiger partial charge in [0.15, 0.2) is 0 Å². The second-order valence-corrected chi connectivity index (χ2v) is 6.98. The number of hydrogen-bond acceptors (Lipinski definition) is 6. The number of fused-ring (bicyclic) bond motifs is 2. The highest BCUT2D eigenvalue weighted by atomic mass is 32.1. The van der Waals surface area contributed by atoms with Gasteiger partial charge in [0.05, 0.1) is 0 Å². The molecule has 122 valence electrons. The van der Waals surface area contributed by atoms with Crippen molar-refractivity contribution in [2.45, 2.75) is 44.2 Å². The van der Waals surface area contributed by atoms with E-state index in [4.69, 9.17) is 4.52 Å². The van der Waals surface area contributed by atoms with Crippen LogP contribution in [0.2, 0.25) is 0 Å². The summed E-state index contributed by atoms with van der Waals surface area (Å²) in [7, 11) is 0. The summed E-state index contributed by atoms with van der Waals surface area (Å²) in [4.78, 5) is 19.1. The number of aryl methyl sites for hydroxylation is 1. The van der Waals surface area contributed by atoms with E-state index in [1.807, 2.05) is 16.8 Å². The van der Waals surface area contributed by atoms with E-state index in [9.17, 15) is 4.79 Å². The van der Waals surface area contributed by atoms with Gasteiger partial charge in [0.25, 0.3) is 0 Å². The van der Waals surface area contributed by atoms with Crippen LogP contribution in [0.4, 0.5) is 0 Å². The summed E-state index contributed by atoms with van der Waals surface area (Å²) in [5.41, 5.74) is 0.966. The van der Waals surface area contributed by atoms with Crippen molar-refractivity contribution in [2.75, 3.05) is 13.1 Å². The molecule has 4 rings (SSSR count). The highest BCUT2D eigenvalue weighted by Crippen LogP contribution is 2.28. The Kier molecular flexibility index (Phi) is 4.13. The molecular formula is C16H20N4O2S. The molecule has 1 amide bonds. The van der Waals surface area contributed by atoms with E-state index in [0.29, 0.717) is 36.6 Å². The fraction of sp³-hybridized carbons (Fsp3) is 0.562. The molecule has 2 aromatic rings. The van der Waals surface area contributed by atoms with Crippen molar-refractivity contribution < 1.29 is 9.32 Å². The first-order valence-electron chi connectivity index (χ1n) is 8.18. The molecule has 6 nitrogen and oxygen atoms in total. The predicted octanol–water partition coefficient (Wildman–Crippen LogP) is 2.08. The lowest BCUT2D eigenvalue weighted by molar-refractivity contribution is -0.133. The summed E-state index contributed by atoms with van der Waals surface area (Å²) < 4.78 is 5.28. The van der Waals surface area contributed by atoms with Crippen molar-refractivity contribution in [2.24, 2.45) is 0 Å². The first kappa shape index (κ1) is 14.8. The van der Waals surface area contributed by atoms with Gasteiger partial charge in [-0.25, -0.2) is 0 Å². The number of aromatic nitrogens is 2. The third-order valence-corrected chi connectivity index (χ3v) is 5.43. The summed E-state index contributed by atoms with van der Waals surface area (Å²) >= 11 is 1.60. The lowest BCUT2D eigenvalue weighted by Gasteiger charge is -2.27. The molecule has 7 heteroatoms. The SMILES string of the molecule is O=C(CCc1nc(-c2ccsc2)no1)N1C2CCNCC1CC2. The highest BCUT2D eigenvalue weighted by Gasteiger charge is 2.37. The van der Waals surface area contributed by atoms with Crippen molar-refractivity contribution in [3.63, 3.8) is 0 Å². The van der Waals surface area contributed by atoms with Crippen LogP contribution in [0.25, 0.3) is 11.4 Å². The van der Waals surface area contributed by atoms with E-state index in [2.05, 4.69) is 20.4 Å². The van der Waals surface area contributed by atoms with Gasteiger partial charge < -0.3 is 14.7 Å². The lowest BCUT2D eigenvalue weighted by Crippen LogP contribution is -2.42. The molecule has 0 spiro atoms. The molecule has 0 aromatic carbocycles. The smallest absolute Gasteiger partial charge is 0.227 e. The number of thiophene rings is 1. The molecule has 2 aliphatic heterocycles. The molecule has 2 unspecified atom stereocenters. The van der Waals surface area contributed by atoms with Gasteiger partial charge >= 0.3 is 0 Å². The van der Waals surface area contributed by atoms with Gasteiger partial charge in [0.2, 0.25) is 17.6 Å². The molecule has 0 radical (unpaired) electrons. The van der Waals surface area contributed by atoms with E-state index in [-0.39, 0.29) is 5.91 Å². The minimum atomic E-state index is 0.219. The molecule has 0 saturated carbocycles. The molecule has 2 aliphatic rings. The quantitative estimate of drug-likeness (QED) is 0.928. The van der Waals surface area contributed by atoms with Crippen LogP contribution < -0.4 is 5.32 Å². The first-order chi connectivity index (χ1) is 11.3. The Bertz CT molecular complexity index is 655. The topological polar surface area (TPSA) is 71.3 Å². The van der Waals surface area contributed by atoms with E-state index >= 15 is 0 Å². The molecule has 23 heavy (non-hydrogen) atoms. The molecular weight excluding hydrogens is 312 g/mol. The van der Waals surface area contributed by atoms with Crippen LogP contribution in [0.3, 0.4) is 0 Å². The molecule has 2 saturated heterocycles. The van der Waals surface area contributed by atoms with Gasteiger partial charge in [-0.3, -0.25) is 4.79 Å². The molecule has 2 aromatic heterocycles. The van der Waals surface area contributed by atoms with Gasteiger partial charge in [-0.2, -0.15) is 16.3 Å². The second kappa shape index (κ2) is 6.41. The number of carbonyl (C=O) groups excluding carboxylic acids is 1. The maximum Gasteiger partial charge on any atom is 0.227 e. The highest BCUT2D eigenvalue weighted by molar-refractivity contribution is 7.08. The average molecular weight is 332 g/mol. The largest absolute Gasteiger partial charge is 0.339 e. The van der Waals surface area contributed by atoms with Crippen molar-refractivity contribution in [1.29, 1.82) is 0 Å². The Morgan fingerprint density at radius 2 is 2.30 bits per heavy atom. The average Bonchev–Trinajstić information content (AvgIpc) is 3.23. The van der Waals surface area contributed by atoms with Crippen LogP contribution in [0.15, 0.2) is 21.3 Å². The summed E-state index contributed by atoms with van der Waals surface area (Å²) in [5, 5.41) is 11.4. The number of carbonyl (C=O) groups is 1. The van der Waals surface area contributed by atoms with Crippen molar-refractivity contribution >= 4 is 17.2 Å². The number of nitrogens with one attached hydrogen (secondary N) is 1. The van der Waals surface area contributed by atoms with Crippen LogP contribution >= 0.6 is 11.3 Å². The van der Waals surface area contributed by atoms with Gasteiger partial charge in [-0.1, -0.05) is 5.16 Å². The summed E-state index contributed by atoms with van der Waals surface area (Å²) in [6, 6.07) is 2.73. The van der Waals surface area contributed by atoms with Gasteiger partial charge in [0.1, 0.15) is 0 Å². The van der Waals surface area contributed by atoms with E-state index in [1.165, 1.54) is 0 Å². The minimum absolute atomic E-state index is 0.219. The van der Waals surface area contributed by atoms with Gasteiger partial charge in [-0.05, 0) is 37.3 Å². The molecule has 2 bridgehead atoms. The summed E-state index contributed by atoms with van der Waals surface area (Å²) in [5.74, 6) is 1.36. The molecule has 4 heterocycles. The third-order valence-electron chi connectivity index (χ3n) is 4.74. The second-order valence-electron chi connectivity index (χ2n) is 6.20. The maximum absolute atomic E-state index is 12.6. The zero-order valence-electron chi connectivity index (χ0n) is 12.9. The fourth-order valence-electron chi connectivity index (χ4n) is 3.60. The molecule has 2 fully saturated rings. The molecule has 2 atom stereocenters. The van der Waals surface area contributed by atoms with Crippen LogP contribution in [-0.2, 0) is 11.2 Å². The Morgan fingerprint density at radius 1 is 1.39 bits per heavy atom. The van der Waals surface area contributed by atoms with E-state index in [1.54, 1.807) is 11.3 Å². The number of rotatable bonds is 4. The maximum atomic E-state index is 12.6. The Labute approximate surface area is 138 Å². The van der Waals surface area contributed by atoms with E-state index in [0.717, 1.165) is 37.9 Å². The summed E-state index contributed by atoms with van der Waals surface area (Å²) in [6.07, 6.45) is 4.27. The normalized spacial score (nSPS) is 23.9. The number of nitrogens with zero attached hydrogens (tertiary/aromatic N) is 3. The van der Waals surface area contributed by atoms with Crippen LogP contribution in [0, 0.1) is 0 Å². The number of amides is 1. The Hall–Kier alpha value is -1.73. The standard InChI is InChI=1S/C16H20N4O2S/c21-15(20-12-1-2-13(20)9-17-7-5-12)4-3-14-18-16(19-22-14)11-6-8-23-10-11/h6,8,10,12-13,17H,1-5,7,9H2. The fourth-order valence-corrected chi connectivity index (χ4v) is 4.23. The van der Waals surface area contributed by atoms with Gasteiger partial charge in [-0.15, -0.1) is 0 Å². The zero-order valence-corrected chi connectivity index (χ0v) is 13.7. The lowest BCUT2D eigenvalue weighted by atomic mass is 10.1. The first-order valence-corrected chi connectivity index (χ1v) is 9.12. The summed E-state index contributed by atoms with van der Waals surface area (Å²) in [6.45, 7) is 1.93. The third kappa shape index (κ3) is 3.03. The Morgan fingerprint density at radius 3 is 3.17 bits per heavy atom. The predicted molar refractivity (Wildman–Crippen MR) is 87.1 cm³/mol. The van der Waals surface area contributed by atoms with Crippen LogP contribution in [0.5, 0.6) is 0 Å². The molecule has 0 aliphatic carbocycles. The van der Waals surface area contributed by atoms with Gasteiger partial charge in [0, 0.05) is 42.4 Å². The van der Waals surface area contributed by atoms with Crippen LogP contribution in [-0.4, -0.2) is 46.1 Å². The molecule has 1 N–H and O–H groups in total. The van der Waals surface area contributed by atoms with Crippen molar-refractivity contribution in [3.05, 3.63) is 22.7 Å². The van der Waals surface area contributed by atoms with Crippen molar-refractivity contribution in [1.82, 2.24) is 20.4 Å². The monoisotopic (exact) mass is 332 g/mol. The zero-order chi connectivity index (χ0) is 15.6. The Balaban J connectivity index is 1.38. The van der Waals surface area contributed by atoms with E-state index < -0.39 is 0 Å².